The normalized spacial score (nSPS) is 12.3. The van der Waals surface area contributed by atoms with E-state index in [1.165, 1.54) is 27.0 Å². The van der Waals surface area contributed by atoms with Crippen molar-refractivity contribution in [3.8, 4) is 0 Å². The van der Waals surface area contributed by atoms with Crippen LogP contribution in [0.1, 0.15) is 24.1 Å². The topological polar surface area (TPSA) is 12.4 Å². The van der Waals surface area contributed by atoms with E-state index < -0.39 is 7.92 Å². The smallest absolute Gasteiger partial charge is 0.0721 e. The molecule has 0 radical (unpaired) electrons. The molecule has 0 N–H and O–H groups in total. The Morgan fingerprint density at radius 3 is 1.69 bits per heavy atom. The lowest BCUT2D eigenvalue weighted by atomic mass is 10.1. The highest BCUT2D eigenvalue weighted by atomic mass is 31.1. The summed E-state index contributed by atoms with van der Waals surface area (Å²) in [5.41, 5.74) is 2.42. The van der Waals surface area contributed by atoms with Crippen molar-refractivity contribution < 1.29 is 0 Å². The molecule has 1 atom stereocenters. The first-order valence-corrected chi connectivity index (χ1v) is 11.2. The van der Waals surface area contributed by atoms with Gasteiger partial charge in [-0.05, 0) is 36.3 Å². The van der Waals surface area contributed by atoms with Crippen molar-refractivity contribution in [2.24, 2.45) is 4.99 Å². The molecule has 4 rings (SSSR count). The van der Waals surface area contributed by atoms with Crippen LogP contribution >= 0.6 is 7.92 Å². The molecule has 0 saturated carbocycles. The van der Waals surface area contributed by atoms with Gasteiger partial charge >= 0.3 is 0 Å². The van der Waals surface area contributed by atoms with Gasteiger partial charge in [-0.3, -0.25) is 4.99 Å². The van der Waals surface area contributed by atoms with Crippen LogP contribution in [-0.4, -0.2) is 6.21 Å². The molecule has 2 heteroatoms. The van der Waals surface area contributed by atoms with Crippen LogP contribution in [0.25, 0.3) is 0 Å². The zero-order chi connectivity index (χ0) is 19.9. The Balaban J connectivity index is 1.74. The van der Waals surface area contributed by atoms with Gasteiger partial charge in [0.1, 0.15) is 0 Å². The number of aliphatic imine (C=N–C) groups is 1. The van der Waals surface area contributed by atoms with Gasteiger partial charge in [0.2, 0.25) is 0 Å². The van der Waals surface area contributed by atoms with Crippen LogP contribution in [0.5, 0.6) is 0 Å². The first-order chi connectivity index (χ1) is 14.3. The molecule has 1 nitrogen and oxygen atoms in total. The summed E-state index contributed by atoms with van der Waals surface area (Å²) in [6.07, 6.45) is 2.05. The number of rotatable bonds is 6. The summed E-state index contributed by atoms with van der Waals surface area (Å²) in [5, 5.41) is 4.04. The predicted octanol–water partition coefficient (Wildman–Crippen LogP) is 5.62. The molecule has 0 saturated heterocycles. The molecule has 0 spiro atoms. The SMILES string of the molecule is CC(N=Cc1ccccc1P(c1ccccc1)c1ccccc1)c1ccccc1. The van der Waals surface area contributed by atoms with E-state index in [1.807, 2.05) is 12.3 Å². The molecule has 0 aliphatic rings. The fourth-order valence-electron chi connectivity index (χ4n) is 3.39. The molecule has 4 aromatic carbocycles. The Labute approximate surface area is 174 Å². The third kappa shape index (κ3) is 4.70. The Bertz CT molecular complexity index is 1020. The first kappa shape index (κ1) is 19.3. The van der Waals surface area contributed by atoms with Gasteiger partial charge in [-0.15, -0.1) is 0 Å². The van der Waals surface area contributed by atoms with Crippen molar-refractivity contribution in [1.82, 2.24) is 0 Å². The zero-order valence-corrected chi connectivity index (χ0v) is 17.4. The summed E-state index contributed by atoms with van der Waals surface area (Å²) in [7, 11) is -0.643. The second-order valence-corrected chi connectivity index (χ2v) is 9.12. The van der Waals surface area contributed by atoms with Crippen molar-refractivity contribution in [3.05, 3.63) is 126 Å². The van der Waals surface area contributed by atoms with E-state index in [2.05, 4.69) is 116 Å². The fraction of sp³-hybridized carbons (Fsp3) is 0.0741. The van der Waals surface area contributed by atoms with Crippen molar-refractivity contribution in [2.75, 3.05) is 0 Å². The maximum atomic E-state index is 4.88. The van der Waals surface area contributed by atoms with E-state index in [-0.39, 0.29) is 6.04 Å². The number of hydrogen-bond donors (Lipinski definition) is 0. The molecular formula is C27H24NP. The highest BCUT2D eigenvalue weighted by Gasteiger charge is 2.18. The average Bonchev–Trinajstić information content (AvgIpc) is 2.80. The molecular weight excluding hydrogens is 369 g/mol. The van der Waals surface area contributed by atoms with Crippen LogP contribution in [-0.2, 0) is 0 Å². The van der Waals surface area contributed by atoms with Gasteiger partial charge in [0.25, 0.3) is 0 Å². The summed E-state index contributed by atoms with van der Waals surface area (Å²) in [6.45, 7) is 2.14. The quantitative estimate of drug-likeness (QED) is 0.298. The van der Waals surface area contributed by atoms with Crippen LogP contribution in [0.15, 0.2) is 120 Å². The summed E-state index contributed by atoms with van der Waals surface area (Å²) in [5.74, 6) is 0. The Kier molecular flexibility index (Phi) is 6.29. The van der Waals surface area contributed by atoms with Gasteiger partial charge in [0.05, 0.1) is 6.04 Å². The lowest BCUT2D eigenvalue weighted by Crippen LogP contribution is -2.23. The molecule has 0 heterocycles. The van der Waals surface area contributed by atoms with Gasteiger partial charge in [-0.1, -0.05) is 115 Å². The largest absolute Gasteiger partial charge is 0.285 e. The van der Waals surface area contributed by atoms with Gasteiger partial charge in [0, 0.05) is 11.8 Å². The molecule has 0 aromatic heterocycles. The van der Waals surface area contributed by atoms with Gasteiger partial charge in [-0.2, -0.15) is 0 Å². The Hall–Kier alpha value is -3.02. The summed E-state index contributed by atoms with van der Waals surface area (Å²) < 4.78 is 0. The highest BCUT2D eigenvalue weighted by molar-refractivity contribution is 7.80. The van der Waals surface area contributed by atoms with E-state index in [1.54, 1.807) is 0 Å². The van der Waals surface area contributed by atoms with Crippen molar-refractivity contribution >= 4 is 30.0 Å². The second-order valence-electron chi connectivity index (χ2n) is 6.93. The van der Waals surface area contributed by atoms with Crippen LogP contribution in [0.2, 0.25) is 0 Å². The third-order valence-electron chi connectivity index (χ3n) is 4.93. The van der Waals surface area contributed by atoms with E-state index in [0.717, 1.165) is 0 Å². The van der Waals surface area contributed by atoms with Gasteiger partial charge in [-0.25, -0.2) is 0 Å². The van der Waals surface area contributed by atoms with Gasteiger partial charge in [0.15, 0.2) is 0 Å². The van der Waals surface area contributed by atoms with E-state index in [9.17, 15) is 0 Å². The molecule has 142 valence electrons. The van der Waals surface area contributed by atoms with Gasteiger partial charge < -0.3 is 0 Å². The summed E-state index contributed by atoms with van der Waals surface area (Å²) >= 11 is 0. The second kappa shape index (κ2) is 9.45. The molecule has 1 unspecified atom stereocenters. The zero-order valence-electron chi connectivity index (χ0n) is 16.5. The van der Waals surface area contributed by atoms with Crippen LogP contribution in [0, 0.1) is 0 Å². The van der Waals surface area contributed by atoms with Crippen molar-refractivity contribution in [3.63, 3.8) is 0 Å². The Morgan fingerprint density at radius 1 is 0.621 bits per heavy atom. The average molecular weight is 393 g/mol. The van der Waals surface area contributed by atoms with Crippen molar-refractivity contribution in [2.45, 2.75) is 13.0 Å². The lowest BCUT2D eigenvalue weighted by molar-refractivity contribution is 0.825. The summed E-state index contributed by atoms with van der Waals surface area (Å²) in [4.78, 5) is 4.88. The first-order valence-electron chi connectivity index (χ1n) is 9.90. The number of hydrogen-bond acceptors (Lipinski definition) is 1. The Morgan fingerprint density at radius 2 is 1.10 bits per heavy atom. The molecule has 0 amide bonds. The van der Waals surface area contributed by atoms with E-state index in [4.69, 9.17) is 4.99 Å². The van der Waals surface area contributed by atoms with E-state index in [0.29, 0.717) is 0 Å². The molecule has 0 fully saturated rings. The van der Waals surface area contributed by atoms with Crippen LogP contribution in [0.3, 0.4) is 0 Å². The number of nitrogens with zero attached hydrogens (tertiary/aromatic N) is 1. The third-order valence-corrected chi connectivity index (χ3v) is 7.44. The number of benzene rings is 4. The maximum Gasteiger partial charge on any atom is 0.0721 e. The molecule has 4 aromatic rings. The minimum Gasteiger partial charge on any atom is -0.285 e. The lowest BCUT2D eigenvalue weighted by Gasteiger charge is -2.21. The standard InChI is InChI=1S/C27H24NP/c1-22(23-13-5-2-6-14-23)28-21-24-15-11-12-20-27(24)29(25-16-7-3-8-17-25)26-18-9-4-10-19-26/h2-22H,1H3. The van der Waals surface area contributed by atoms with Crippen LogP contribution in [0.4, 0.5) is 0 Å². The predicted molar refractivity (Wildman–Crippen MR) is 128 cm³/mol. The maximum absolute atomic E-state index is 4.88. The van der Waals surface area contributed by atoms with Crippen molar-refractivity contribution in [1.29, 1.82) is 0 Å². The molecule has 0 aliphatic heterocycles. The minimum absolute atomic E-state index is 0.129. The highest BCUT2D eigenvalue weighted by Crippen LogP contribution is 2.33. The van der Waals surface area contributed by atoms with E-state index >= 15 is 0 Å². The molecule has 0 aliphatic carbocycles. The van der Waals surface area contributed by atoms with Crippen LogP contribution < -0.4 is 15.9 Å². The fourth-order valence-corrected chi connectivity index (χ4v) is 5.81. The minimum atomic E-state index is -0.643. The molecule has 0 bridgehead atoms. The summed E-state index contributed by atoms with van der Waals surface area (Å²) in [6, 6.07) is 40.8. The monoisotopic (exact) mass is 393 g/mol. The molecule has 29 heavy (non-hydrogen) atoms.